The first-order chi connectivity index (χ1) is 8.15. The quantitative estimate of drug-likeness (QED) is 0.661. The number of halogens is 1. The summed E-state index contributed by atoms with van der Waals surface area (Å²) in [4.78, 5) is 4.46. The predicted molar refractivity (Wildman–Crippen MR) is 66.2 cm³/mol. The second-order valence-electron chi connectivity index (χ2n) is 3.86. The van der Waals surface area contributed by atoms with Crippen molar-refractivity contribution >= 4 is 21.7 Å². The molecule has 3 aromatic rings. The Hall–Kier alpha value is -1.75. The average Bonchev–Trinajstić information content (AvgIpc) is 2.80. The van der Waals surface area contributed by atoms with Gasteiger partial charge in [0, 0.05) is 0 Å². The molecule has 2 heterocycles. The Morgan fingerprint density at radius 2 is 1.88 bits per heavy atom. The van der Waals surface area contributed by atoms with Crippen LogP contribution in [-0.2, 0) is 0 Å². The number of thiazole rings is 1. The third-order valence-corrected chi connectivity index (χ3v) is 3.64. The summed E-state index contributed by atoms with van der Waals surface area (Å²) in [6, 6.07) is 6.26. The fourth-order valence-electron chi connectivity index (χ4n) is 1.80. The zero-order chi connectivity index (χ0) is 12.0. The van der Waals surface area contributed by atoms with Crippen LogP contribution >= 0.6 is 11.3 Å². The van der Waals surface area contributed by atoms with Crippen molar-refractivity contribution in [2.45, 2.75) is 13.8 Å². The van der Waals surface area contributed by atoms with Gasteiger partial charge < -0.3 is 0 Å². The first-order valence-electron chi connectivity index (χ1n) is 5.24. The molecule has 0 atom stereocenters. The minimum absolute atomic E-state index is 0.247. The van der Waals surface area contributed by atoms with Crippen molar-refractivity contribution in [1.82, 2.24) is 14.8 Å². The summed E-state index contributed by atoms with van der Waals surface area (Å²) >= 11 is 1.63. The molecule has 0 saturated carbocycles. The molecule has 0 bridgehead atoms. The Morgan fingerprint density at radius 1 is 1.18 bits per heavy atom. The fraction of sp³-hybridized carbons (Fsp3) is 0.167. The molecule has 0 aliphatic carbocycles. The third kappa shape index (κ3) is 1.63. The van der Waals surface area contributed by atoms with Gasteiger partial charge in [-0.2, -0.15) is 5.10 Å². The molecule has 3 nitrogen and oxygen atoms in total. The largest absolute Gasteiger partial charge is 0.222 e. The van der Waals surface area contributed by atoms with Gasteiger partial charge in [0.25, 0.3) is 0 Å². The summed E-state index contributed by atoms with van der Waals surface area (Å²) in [5.74, 6) is -0.247. The summed E-state index contributed by atoms with van der Waals surface area (Å²) < 4.78 is 15.7. The lowest BCUT2D eigenvalue weighted by Crippen LogP contribution is -1.97. The lowest BCUT2D eigenvalue weighted by molar-refractivity contribution is 0.627. The molecule has 0 fully saturated rings. The molecule has 0 saturated heterocycles. The van der Waals surface area contributed by atoms with Crippen LogP contribution in [0.15, 0.2) is 24.3 Å². The van der Waals surface area contributed by atoms with Crippen LogP contribution in [0.4, 0.5) is 4.39 Å². The molecule has 2 aromatic heterocycles. The van der Waals surface area contributed by atoms with Crippen LogP contribution in [0.25, 0.3) is 16.0 Å². The van der Waals surface area contributed by atoms with E-state index in [0.29, 0.717) is 0 Å². The highest BCUT2D eigenvalue weighted by atomic mass is 32.1. The van der Waals surface area contributed by atoms with Gasteiger partial charge in [0.05, 0.1) is 21.1 Å². The van der Waals surface area contributed by atoms with Crippen molar-refractivity contribution in [3.63, 3.8) is 0 Å². The topological polar surface area (TPSA) is 30.7 Å². The van der Waals surface area contributed by atoms with Crippen molar-refractivity contribution < 1.29 is 4.39 Å². The van der Waals surface area contributed by atoms with E-state index in [0.717, 1.165) is 26.7 Å². The maximum atomic E-state index is 12.9. The Morgan fingerprint density at radius 3 is 2.59 bits per heavy atom. The predicted octanol–water partition coefficient (Wildman–Crippen LogP) is 3.24. The van der Waals surface area contributed by atoms with E-state index in [1.807, 2.05) is 13.8 Å². The molecule has 86 valence electrons. The molecule has 17 heavy (non-hydrogen) atoms. The summed E-state index contributed by atoms with van der Waals surface area (Å²) in [6.45, 7) is 3.93. The van der Waals surface area contributed by atoms with E-state index >= 15 is 0 Å². The summed E-state index contributed by atoms with van der Waals surface area (Å²) in [7, 11) is 0. The van der Waals surface area contributed by atoms with Crippen molar-refractivity contribution in [2.75, 3.05) is 0 Å². The van der Waals surface area contributed by atoms with Crippen LogP contribution in [0.2, 0.25) is 0 Å². The second-order valence-corrected chi connectivity index (χ2v) is 5.06. The number of aromatic nitrogens is 3. The molecule has 0 aliphatic heterocycles. The lowest BCUT2D eigenvalue weighted by atomic mass is 10.3. The van der Waals surface area contributed by atoms with E-state index < -0.39 is 0 Å². The minimum Gasteiger partial charge on any atom is -0.222 e. The van der Waals surface area contributed by atoms with Gasteiger partial charge in [-0.05, 0) is 38.1 Å². The Bertz CT molecular complexity index is 682. The van der Waals surface area contributed by atoms with Crippen molar-refractivity contribution in [3.8, 4) is 5.69 Å². The molecule has 0 amide bonds. The molecule has 0 N–H and O–H groups in total. The first-order valence-corrected chi connectivity index (χ1v) is 6.05. The van der Waals surface area contributed by atoms with Crippen molar-refractivity contribution in [1.29, 1.82) is 0 Å². The maximum absolute atomic E-state index is 12.9. The van der Waals surface area contributed by atoms with Gasteiger partial charge in [0.2, 0.25) is 0 Å². The zero-order valence-corrected chi connectivity index (χ0v) is 10.3. The van der Waals surface area contributed by atoms with Gasteiger partial charge in [-0.3, -0.25) is 0 Å². The molecule has 0 aliphatic rings. The number of hydrogen-bond donors (Lipinski definition) is 0. The molecule has 0 spiro atoms. The molecule has 3 rings (SSSR count). The van der Waals surface area contributed by atoms with E-state index in [2.05, 4.69) is 10.1 Å². The van der Waals surface area contributed by atoms with Gasteiger partial charge >= 0.3 is 0 Å². The SMILES string of the molecule is Cc1nc2c(s1)c(C)nn2-c1ccc(F)cc1. The molecule has 0 unspecified atom stereocenters. The van der Waals surface area contributed by atoms with Crippen LogP contribution in [-0.4, -0.2) is 14.8 Å². The number of fused-ring (bicyclic) bond motifs is 1. The highest BCUT2D eigenvalue weighted by Crippen LogP contribution is 2.26. The highest BCUT2D eigenvalue weighted by Gasteiger charge is 2.13. The number of hydrogen-bond acceptors (Lipinski definition) is 3. The number of benzene rings is 1. The van der Waals surface area contributed by atoms with E-state index in [9.17, 15) is 4.39 Å². The molecular formula is C12H10FN3S. The van der Waals surface area contributed by atoms with Gasteiger partial charge in [0.15, 0.2) is 5.65 Å². The summed E-state index contributed by atoms with van der Waals surface area (Å²) in [5.41, 5.74) is 2.63. The zero-order valence-electron chi connectivity index (χ0n) is 9.44. The van der Waals surface area contributed by atoms with E-state index in [1.165, 1.54) is 12.1 Å². The number of aryl methyl sites for hydroxylation is 2. The van der Waals surface area contributed by atoms with Gasteiger partial charge in [-0.15, -0.1) is 11.3 Å². The van der Waals surface area contributed by atoms with Crippen LogP contribution in [0, 0.1) is 19.7 Å². The fourth-order valence-corrected chi connectivity index (χ4v) is 2.64. The monoisotopic (exact) mass is 247 g/mol. The van der Waals surface area contributed by atoms with Crippen LogP contribution in [0.3, 0.4) is 0 Å². The molecule has 0 radical (unpaired) electrons. The summed E-state index contributed by atoms with van der Waals surface area (Å²) in [5, 5.41) is 5.44. The van der Waals surface area contributed by atoms with Crippen LogP contribution in [0.5, 0.6) is 0 Å². The smallest absolute Gasteiger partial charge is 0.174 e. The number of rotatable bonds is 1. The number of nitrogens with zero attached hydrogens (tertiary/aromatic N) is 3. The maximum Gasteiger partial charge on any atom is 0.174 e. The van der Waals surface area contributed by atoms with Gasteiger partial charge in [-0.25, -0.2) is 14.1 Å². The van der Waals surface area contributed by atoms with E-state index in [1.54, 1.807) is 28.2 Å². The van der Waals surface area contributed by atoms with Crippen LogP contribution in [0.1, 0.15) is 10.7 Å². The molecule has 5 heteroatoms. The summed E-state index contributed by atoms with van der Waals surface area (Å²) in [6.07, 6.45) is 0. The Labute approximate surface area is 102 Å². The average molecular weight is 247 g/mol. The molecule has 1 aromatic carbocycles. The lowest BCUT2D eigenvalue weighted by Gasteiger charge is -2.00. The van der Waals surface area contributed by atoms with Crippen LogP contribution < -0.4 is 0 Å². The Balaban J connectivity index is 2.26. The van der Waals surface area contributed by atoms with E-state index in [4.69, 9.17) is 0 Å². The molecular weight excluding hydrogens is 237 g/mol. The first kappa shape index (κ1) is 10.4. The minimum atomic E-state index is -0.247. The van der Waals surface area contributed by atoms with Crippen molar-refractivity contribution in [3.05, 3.63) is 40.8 Å². The normalized spacial score (nSPS) is 11.2. The third-order valence-electron chi connectivity index (χ3n) is 2.57. The van der Waals surface area contributed by atoms with Gasteiger partial charge in [0.1, 0.15) is 5.82 Å². The Kier molecular flexibility index (Phi) is 2.22. The second kappa shape index (κ2) is 3.63. The van der Waals surface area contributed by atoms with E-state index in [-0.39, 0.29) is 5.82 Å². The van der Waals surface area contributed by atoms with Gasteiger partial charge in [-0.1, -0.05) is 0 Å². The van der Waals surface area contributed by atoms with Crippen molar-refractivity contribution in [2.24, 2.45) is 0 Å². The highest BCUT2D eigenvalue weighted by molar-refractivity contribution is 7.18. The standard InChI is InChI=1S/C12H10FN3S/c1-7-11-12(14-8(2)17-11)16(15-7)10-5-3-9(13)4-6-10/h3-6H,1-2H3.